The number of hydrogen-bond acceptors (Lipinski definition) is 4. The van der Waals surface area contributed by atoms with Gasteiger partial charge in [0.1, 0.15) is 6.54 Å². The summed E-state index contributed by atoms with van der Waals surface area (Å²) in [7, 11) is 0. The van der Waals surface area contributed by atoms with Crippen LogP contribution in [0, 0.1) is 0 Å². The Labute approximate surface area is 202 Å². The van der Waals surface area contributed by atoms with Gasteiger partial charge >= 0.3 is 17.8 Å². The number of carboxylic acid groups (broad SMARTS) is 1. The molecule has 0 unspecified atom stereocenters. The summed E-state index contributed by atoms with van der Waals surface area (Å²) in [4.78, 5) is 36.5. The van der Waals surface area contributed by atoms with Crippen molar-refractivity contribution in [3.63, 3.8) is 0 Å². The Morgan fingerprint density at radius 3 is 2.34 bits per heavy atom. The van der Waals surface area contributed by atoms with E-state index in [4.69, 9.17) is 16.7 Å². The van der Waals surface area contributed by atoms with Crippen LogP contribution in [0.1, 0.15) is 25.0 Å². The fourth-order valence-electron chi connectivity index (χ4n) is 3.27. The Morgan fingerprint density at radius 2 is 1.74 bits per heavy atom. The first-order valence-corrected chi connectivity index (χ1v) is 10.5. The Bertz CT molecular complexity index is 1340. The van der Waals surface area contributed by atoms with Crippen LogP contribution in [0.3, 0.4) is 0 Å². The van der Waals surface area contributed by atoms with E-state index in [0.29, 0.717) is 10.6 Å². The van der Waals surface area contributed by atoms with Gasteiger partial charge < -0.3 is 10.4 Å². The van der Waals surface area contributed by atoms with Crippen LogP contribution in [-0.2, 0) is 27.8 Å². The predicted molar refractivity (Wildman–Crippen MR) is 123 cm³/mol. The van der Waals surface area contributed by atoms with Crippen LogP contribution in [0.4, 0.5) is 13.2 Å². The molecule has 1 aromatic heterocycles. The average molecular weight is 509 g/mol. The lowest BCUT2D eigenvalue weighted by Gasteiger charge is -2.27. The quantitative estimate of drug-likeness (QED) is 0.469. The molecule has 0 aliphatic carbocycles. The minimum Gasteiger partial charge on any atom is -0.478 e. The van der Waals surface area contributed by atoms with Crippen LogP contribution in [0.15, 0.2) is 59.4 Å². The molecule has 3 rings (SSSR count). The minimum absolute atomic E-state index is 0.0640. The molecule has 0 atom stereocenters. The molecule has 3 aromatic rings. The largest absolute Gasteiger partial charge is 0.478 e. The van der Waals surface area contributed by atoms with Gasteiger partial charge in [-0.05, 0) is 55.8 Å². The van der Waals surface area contributed by atoms with E-state index in [9.17, 15) is 27.6 Å². The molecule has 0 aliphatic rings. The number of nitrogens with zero attached hydrogens (tertiary/aromatic N) is 3. The molecule has 0 saturated heterocycles. The van der Waals surface area contributed by atoms with Gasteiger partial charge in [0.25, 0.3) is 0 Å². The van der Waals surface area contributed by atoms with Gasteiger partial charge in [0.05, 0.1) is 11.1 Å². The molecule has 0 bridgehead atoms. The summed E-state index contributed by atoms with van der Waals surface area (Å²) in [6.45, 7) is 2.49. The van der Waals surface area contributed by atoms with Crippen molar-refractivity contribution in [1.29, 1.82) is 0 Å². The summed E-state index contributed by atoms with van der Waals surface area (Å²) >= 11 is 5.89. The summed E-state index contributed by atoms with van der Waals surface area (Å²) in [5.41, 5.74) is -2.20. The molecule has 184 valence electrons. The molecule has 12 heteroatoms. The number of hydrogen-bond donors (Lipinski definition) is 2. The number of aromatic nitrogens is 3. The summed E-state index contributed by atoms with van der Waals surface area (Å²) in [6.07, 6.45) is -2.80. The normalized spacial score (nSPS) is 12.2. The second kappa shape index (κ2) is 9.79. The molecule has 8 nitrogen and oxygen atoms in total. The van der Waals surface area contributed by atoms with Crippen LogP contribution >= 0.6 is 11.6 Å². The molecule has 0 radical (unpaired) electrons. The number of alkyl halides is 3. The maximum Gasteiger partial charge on any atom is 0.416 e. The van der Waals surface area contributed by atoms with Gasteiger partial charge in [-0.3, -0.25) is 4.79 Å². The van der Waals surface area contributed by atoms with Crippen LogP contribution in [-0.4, -0.2) is 31.3 Å². The third kappa shape index (κ3) is 6.18. The maximum absolute atomic E-state index is 13.1. The lowest BCUT2D eigenvalue weighted by Crippen LogP contribution is -2.44. The van der Waals surface area contributed by atoms with Gasteiger partial charge in [-0.2, -0.15) is 13.2 Å². The Morgan fingerprint density at radius 1 is 1.11 bits per heavy atom. The lowest BCUT2D eigenvalue weighted by molar-refractivity contribution is -0.137. The first-order chi connectivity index (χ1) is 16.3. The average Bonchev–Trinajstić information content (AvgIpc) is 3.07. The number of amides is 1. The second-order valence-corrected chi connectivity index (χ2v) is 8.48. The first-order valence-electron chi connectivity index (χ1n) is 10.1. The number of aliphatic carboxylic acids is 1. The second-order valence-electron chi connectivity index (χ2n) is 8.05. The van der Waals surface area contributed by atoms with Crippen molar-refractivity contribution in [3.05, 3.63) is 81.2 Å². The molecule has 2 aromatic carbocycles. The third-order valence-electron chi connectivity index (χ3n) is 5.00. The maximum atomic E-state index is 13.1. The van der Waals surface area contributed by atoms with E-state index in [2.05, 4.69) is 10.4 Å². The molecule has 35 heavy (non-hydrogen) atoms. The molecule has 1 amide bonds. The van der Waals surface area contributed by atoms with Gasteiger partial charge in [0.15, 0.2) is 5.82 Å². The SMILES string of the molecule is CC(C)(NC(=O)Cn1nc(-c2ccc(Cl)cc2)n(C=CC(=O)O)c1=O)c1cccc(C(F)(F)F)c1. The number of carbonyl (C=O) groups excluding carboxylic acids is 1. The molecule has 0 aliphatic heterocycles. The van der Waals surface area contributed by atoms with Gasteiger partial charge in [0, 0.05) is 22.9 Å². The van der Waals surface area contributed by atoms with E-state index < -0.39 is 41.4 Å². The number of rotatable bonds is 7. The van der Waals surface area contributed by atoms with Crippen LogP contribution in [0.2, 0.25) is 5.02 Å². The van der Waals surface area contributed by atoms with Gasteiger partial charge in [-0.25, -0.2) is 18.8 Å². The summed E-state index contributed by atoms with van der Waals surface area (Å²) in [5, 5.41) is 16.1. The van der Waals surface area contributed by atoms with Gasteiger partial charge in [-0.1, -0.05) is 23.7 Å². The molecule has 2 N–H and O–H groups in total. The van der Waals surface area contributed by atoms with Crippen molar-refractivity contribution < 1.29 is 27.9 Å². The highest BCUT2D eigenvalue weighted by Gasteiger charge is 2.32. The van der Waals surface area contributed by atoms with Crippen molar-refractivity contribution >= 4 is 29.7 Å². The first kappa shape index (κ1) is 25.8. The highest BCUT2D eigenvalue weighted by molar-refractivity contribution is 6.30. The monoisotopic (exact) mass is 508 g/mol. The van der Waals surface area contributed by atoms with Gasteiger partial charge in [0.2, 0.25) is 5.91 Å². The molecular weight excluding hydrogens is 489 g/mol. The van der Waals surface area contributed by atoms with Crippen molar-refractivity contribution in [1.82, 2.24) is 19.7 Å². The van der Waals surface area contributed by atoms with Crippen molar-refractivity contribution in [3.8, 4) is 11.4 Å². The van der Waals surface area contributed by atoms with E-state index in [1.165, 1.54) is 26.0 Å². The van der Waals surface area contributed by atoms with E-state index in [-0.39, 0.29) is 11.4 Å². The number of nitrogens with one attached hydrogen (secondary N) is 1. The number of carboxylic acids is 1. The number of carbonyl (C=O) groups is 2. The summed E-state index contributed by atoms with van der Waals surface area (Å²) < 4.78 is 41.0. The summed E-state index contributed by atoms with van der Waals surface area (Å²) in [5.74, 6) is -1.93. The van der Waals surface area contributed by atoms with E-state index in [1.54, 1.807) is 24.3 Å². The van der Waals surface area contributed by atoms with Crippen LogP contribution < -0.4 is 11.0 Å². The number of halogens is 4. The third-order valence-corrected chi connectivity index (χ3v) is 5.25. The smallest absolute Gasteiger partial charge is 0.416 e. The zero-order valence-electron chi connectivity index (χ0n) is 18.5. The number of benzene rings is 2. The fourth-order valence-corrected chi connectivity index (χ4v) is 3.40. The highest BCUT2D eigenvalue weighted by atomic mass is 35.5. The van der Waals surface area contributed by atoms with Crippen molar-refractivity contribution in [2.75, 3.05) is 0 Å². The Hall–Kier alpha value is -3.86. The van der Waals surface area contributed by atoms with E-state index in [1.807, 2.05) is 0 Å². The molecule has 0 saturated carbocycles. The minimum atomic E-state index is -4.54. The topological polar surface area (TPSA) is 106 Å². The molecule has 1 heterocycles. The molecule has 0 fully saturated rings. The van der Waals surface area contributed by atoms with Gasteiger partial charge in [-0.15, -0.1) is 5.10 Å². The van der Waals surface area contributed by atoms with Crippen molar-refractivity contribution in [2.24, 2.45) is 0 Å². The van der Waals surface area contributed by atoms with Crippen LogP contribution in [0.5, 0.6) is 0 Å². The zero-order valence-corrected chi connectivity index (χ0v) is 19.3. The Kier molecular flexibility index (Phi) is 7.20. The predicted octanol–water partition coefficient (Wildman–Crippen LogP) is 3.99. The summed E-state index contributed by atoms with van der Waals surface area (Å²) in [6, 6.07) is 10.8. The highest BCUT2D eigenvalue weighted by Crippen LogP contribution is 2.32. The van der Waals surface area contributed by atoms with E-state index >= 15 is 0 Å². The van der Waals surface area contributed by atoms with Crippen LogP contribution in [0.25, 0.3) is 17.6 Å². The molecule has 0 spiro atoms. The fraction of sp³-hybridized carbons (Fsp3) is 0.217. The lowest BCUT2D eigenvalue weighted by atomic mass is 9.92. The standard InChI is InChI=1S/C23H20ClF3N4O4/c1-22(2,15-4-3-5-16(12-15)23(25,26)27)28-18(32)13-31-21(35)30(11-10-19(33)34)20(29-31)14-6-8-17(24)9-7-14/h3-12H,13H2,1-2H3,(H,28,32)(H,33,34). The zero-order chi connectivity index (χ0) is 26.0. The molecular formula is C23H20ClF3N4O4. The van der Waals surface area contributed by atoms with E-state index in [0.717, 1.165) is 33.7 Å². The Balaban J connectivity index is 1.90. The van der Waals surface area contributed by atoms with Crippen molar-refractivity contribution in [2.45, 2.75) is 32.1 Å².